The first-order valence-electron chi connectivity index (χ1n) is 8.91. The van der Waals surface area contributed by atoms with Crippen molar-refractivity contribution >= 4 is 11.8 Å². The van der Waals surface area contributed by atoms with Crippen LogP contribution < -0.4 is 10.6 Å². The van der Waals surface area contributed by atoms with E-state index in [1.54, 1.807) is 12.1 Å². The number of nitrogens with one attached hydrogen (secondary N) is 2. The van der Waals surface area contributed by atoms with Gasteiger partial charge >= 0.3 is 0 Å². The molecule has 0 radical (unpaired) electrons. The number of amides is 2. The second-order valence-electron chi connectivity index (χ2n) is 6.15. The van der Waals surface area contributed by atoms with Crippen molar-refractivity contribution in [1.29, 1.82) is 0 Å². The smallest absolute Gasteiger partial charge is 0.269 e. The number of hydrogen-bond donors (Lipinski definition) is 2. The Bertz CT molecular complexity index is 596. The van der Waals surface area contributed by atoms with Crippen molar-refractivity contribution in [3.8, 4) is 0 Å². The van der Waals surface area contributed by atoms with E-state index in [2.05, 4.69) is 28.6 Å². The predicted octanol–water partition coefficient (Wildman–Crippen LogP) is 3.23. The highest BCUT2D eigenvalue weighted by Gasteiger charge is 2.11. The molecule has 0 saturated carbocycles. The molecule has 1 aromatic rings. The lowest BCUT2D eigenvalue weighted by molar-refractivity contribution is 0.0948. The summed E-state index contributed by atoms with van der Waals surface area (Å²) in [4.78, 5) is 28.3. The van der Waals surface area contributed by atoms with Crippen LogP contribution in [-0.2, 0) is 0 Å². The molecule has 0 saturated heterocycles. The lowest BCUT2D eigenvalue weighted by Crippen LogP contribution is -2.27. The quantitative estimate of drug-likeness (QED) is 0.568. The van der Waals surface area contributed by atoms with Gasteiger partial charge in [0.2, 0.25) is 0 Å². The van der Waals surface area contributed by atoms with E-state index in [4.69, 9.17) is 0 Å². The van der Waals surface area contributed by atoms with Crippen molar-refractivity contribution in [2.75, 3.05) is 13.1 Å². The maximum Gasteiger partial charge on any atom is 0.269 e. The minimum absolute atomic E-state index is 0.156. The van der Waals surface area contributed by atoms with Gasteiger partial charge in [0, 0.05) is 24.8 Å². The van der Waals surface area contributed by atoms with Crippen molar-refractivity contribution in [2.45, 2.75) is 51.9 Å². The zero-order valence-corrected chi connectivity index (χ0v) is 14.4. The van der Waals surface area contributed by atoms with Gasteiger partial charge in [0.05, 0.1) is 0 Å². The van der Waals surface area contributed by atoms with Crippen LogP contribution in [-0.4, -0.2) is 29.9 Å². The summed E-state index contributed by atoms with van der Waals surface area (Å²) in [5.41, 5.74) is 2.20. The lowest BCUT2D eigenvalue weighted by atomic mass is 9.97. The molecule has 2 N–H and O–H groups in total. The molecular weight excluding hydrogens is 302 g/mol. The number of nitrogens with zero attached hydrogens (tertiary/aromatic N) is 1. The Hall–Kier alpha value is -2.17. The molecule has 1 aliphatic carbocycles. The van der Waals surface area contributed by atoms with E-state index in [0.29, 0.717) is 18.7 Å². The van der Waals surface area contributed by atoms with Crippen LogP contribution in [0.15, 0.2) is 30.0 Å². The molecule has 0 atom stereocenters. The van der Waals surface area contributed by atoms with E-state index >= 15 is 0 Å². The van der Waals surface area contributed by atoms with Gasteiger partial charge in [0.25, 0.3) is 11.8 Å². The SMILES string of the molecule is CCCCNC(=O)c1cc(C(=O)NCCC2=CCCCC2)ccn1. The summed E-state index contributed by atoms with van der Waals surface area (Å²) in [5, 5.41) is 5.74. The molecule has 130 valence electrons. The Kier molecular flexibility index (Phi) is 7.46. The molecule has 0 bridgehead atoms. The lowest BCUT2D eigenvalue weighted by Gasteiger charge is -2.13. The van der Waals surface area contributed by atoms with E-state index in [-0.39, 0.29) is 17.5 Å². The maximum absolute atomic E-state index is 12.2. The first-order valence-corrected chi connectivity index (χ1v) is 8.91. The summed E-state index contributed by atoms with van der Waals surface area (Å²) < 4.78 is 0. The normalized spacial score (nSPS) is 14.0. The van der Waals surface area contributed by atoms with Gasteiger partial charge < -0.3 is 10.6 Å². The number of carbonyl (C=O) groups excluding carboxylic acids is 2. The van der Waals surface area contributed by atoms with Crippen molar-refractivity contribution in [3.05, 3.63) is 41.2 Å². The van der Waals surface area contributed by atoms with Gasteiger partial charge in [-0.3, -0.25) is 14.6 Å². The molecule has 1 aliphatic rings. The largest absolute Gasteiger partial charge is 0.352 e. The number of unbranched alkanes of at least 4 members (excludes halogenated alkanes) is 1. The maximum atomic E-state index is 12.2. The van der Waals surface area contributed by atoms with Gasteiger partial charge in [-0.05, 0) is 50.7 Å². The van der Waals surface area contributed by atoms with Gasteiger partial charge in [-0.2, -0.15) is 0 Å². The highest BCUT2D eigenvalue weighted by atomic mass is 16.2. The Morgan fingerprint density at radius 3 is 2.75 bits per heavy atom. The van der Waals surface area contributed by atoms with Crippen molar-refractivity contribution < 1.29 is 9.59 Å². The molecule has 24 heavy (non-hydrogen) atoms. The van der Waals surface area contributed by atoms with Gasteiger partial charge in [-0.25, -0.2) is 0 Å². The minimum atomic E-state index is -0.231. The molecule has 0 aromatic carbocycles. The second kappa shape index (κ2) is 9.85. The second-order valence-corrected chi connectivity index (χ2v) is 6.15. The van der Waals surface area contributed by atoms with E-state index in [9.17, 15) is 9.59 Å². The fourth-order valence-corrected chi connectivity index (χ4v) is 2.74. The zero-order valence-electron chi connectivity index (χ0n) is 14.4. The van der Waals surface area contributed by atoms with Crippen LogP contribution in [0.4, 0.5) is 0 Å². The van der Waals surface area contributed by atoms with Gasteiger partial charge in [0.15, 0.2) is 0 Å². The van der Waals surface area contributed by atoms with Crippen LogP contribution in [0.5, 0.6) is 0 Å². The molecule has 2 amide bonds. The summed E-state index contributed by atoms with van der Waals surface area (Å²) in [6.07, 6.45) is 11.5. The van der Waals surface area contributed by atoms with E-state index in [1.165, 1.54) is 24.6 Å². The van der Waals surface area contributed by atoms with Gasteiger partial charge in [0.1, 0.15) is 5.69 Å². The van der Waals surface area contributed by atoms with Crippen molar-refractivity contribution in [1.82, 2.24) is 15.6 Å². The summed E-state index contributed by atoms with van der Waals surface area (Å²) >= 11 is 0. The Labute approximate surface area is 143 Å². The topological polar surface area (TPSA) is 71.1 Å². The summed E-state index contributed by atoms with van der Waals surface area (Å²) in [6.45, 7) is 3.33. The van der Waals surface area contributed by atoms with Crippen molar-refractivity contribution in [3.63, 3.8) is 0 Å². The monoisotopic (exact) mass is 329 g/mol. The summed E-state index contributed by atoms with van der Waals surface area (Å²) in [5.74, 6) is -0.387. The molecular formula is C19H27N3O2. The molecule has 2 rings (SSSR count). The Balaban J connectivity index is 1.84. The van der Waals surface area contributed by atoms with E-state index in [0.717, 1.165) is 32.1 Å². The average molecular weight is 329 g/mol. The average Bonchev–Trinajstić information content (AvgIpc) is 2.63. The Morgan fingerprint density at radius 1 is 1.17 bits per heavy atom. The Morgan fingerprint density at radius 2 is 2.00 bits per heavy atom. The molecule has 5 nitrogen and oxygen atoms in total. The van der Waals surface area contributed by atoms with Crippen LogP contribution >= 0.6 is 0 Å². The molecule has 0 fully saturated rings. The van der Waals surface area contributed by atoms with Crippen LogP contribution in [0.25, 0.3) is 0 Å². The molecule has 0 spiro atoms. The van der Waals surface area contributed by atoms with Crippen LogP contribution in [0.2, 0.25) is 0 Å². The predicted molar refractivity (Wildman–Crippen MR) is 95.0 cm³/mol. The number of pyridine rings is 1. The summed E-state index contributed by atoms with van der Waals surface area (Å²) in [6, 6.07) is 3.19. The number of hydrogen-bond acceptors (Lipinski definition) is 3. The third-order valence-electron chi connectivity index (χ3n) is 4.19. The minimum Gasteiger partial charge on any atom is -0.352 e. The molecule has 0 unspecified atom stereocenters. The zero-order chi connectivity index (χ0) is 17.2. The first kappa shape index (κ1) is 18.2. The van der Waals surface area contributed by atoms with Gasteiger partial charge in [-0.15, -0.1) is 0 Å². The third kappa shape index (κ3) is 5.80. The number of carbonyl (C=O) groups is 2. The third-order valence-corrected chi connectivity index (χ3v) is 4.19. The van der Waals surface area contributed by atoms with Crippen LogP contribution in [0.3, 0.4) is 0 Å². The molecule has 1 aromatic heterocycles. The number of allylic oxidation sites excluding steroid dienone is 1. The highest BCUT2D eigenvalue weighted by Crippen LogP contribution is 2.19. The fourth-order valence-electron chi connectivity index (χ4n) is 2.74. The van der Waals surface area contributed by atoms with E-state index in [1.807, 2.05) is 0 Å². The van der Waals surface area contributed by atoms with E-state index < -0.39 is 0 Å². The highest BCUT2D eigenvalue weighted by molar-refractivity contribution is 5.98. The van der Waals surface area contributed by atoms with Crippen molar-refractivity contribution in [2.24, 2.45) is 0 Å². The first-order chi connectivity index (χ1) is 11.7. The summed E-state index contributed by atoms with van der Waals surface area (Å²) in [7, 11) is 0. The number of rotatable bonds is 8. The molecule has 0 aliphatic heterocycles. The van der Waals surface area contributed by atoms with Gasteiger partial charge in [-0.1, -0.05) is 25.0 Å². The number of aromatic nitrogens is 1. The fraction of sp³-hybridized carbons (Fsp3) is 0.526. The van der Waals surface area contributed by atoms with Crippen LogP contribution in [0, 0.1) is 0 Å². The van der Waals surface area contributed by atoms with Crippen LogP contribution in [0.1, 0.15) is 72.7 Å². The molecule has 1 heterocycles. The standard InChI is InChI=1S/C19H27N3O2/c1-2-3-11-21-19(24)17-14-16(10-13-20-17)18(23)22-12-9-15-7-5-4-6-8-15/h7,10,13-14H,2-6,8-9,11-12H2,1H3,(H,21,24)(H,22,23). The molecule has 5 heteroatoms.